The average molecular weight is 1550 g/mol. The Labute approximate surface area is 680 Å². The molecule has 0 aliphatic rings. The Bertz CT molecular complexity index is 8770. The zero-order valence-electron chi connectivity index (χ0n) is 62.7. The smallest absolute Gasteiger partial charge is 0.145 e. The number of hydrogen-bond donors (Lipinski definition) is 0. The lowest BCUT2D eigenvalue weighted by molar-refractivity contribution is 0.669. The summed E-state index contributed by atoms with van der Waals surface area (Å²) in [5.41, 5.74) is 23.6. The Morgan fingerprint density at radius 2 is 0.581 bits per heavy atom. The van der Waals surface area contributed by atoms with Crippen LogP contribution in [0.5, 0.6) is 0 Å². The first-order valence-corrected chi connectivity index (χ1v) is 42.0. The minimum Gasteiger partial charge on any atom is -0.456 e. The van der Waals surface area contributed by atoms with Gasteiger partial charge in [-0.15, -0.1) is 34.0 Å². The van der Waals surface area contributed by atoms with Crippen LogP contribution in [-0.2, 0) is 0 Å². The van der Waals surface area contributed by atoms with Crippen LogP contribution in [0.4, 0.5) is 0 Å². The highest BCUT2D eigenvalue weighted by atomic mass is 32.1. The van der Waals surface area contributed by atoms with Crippen molar-refractivity contribution in [2.45, 2.75) is 0 Å². The lowest BCUT2D eigenvalue weighted by Gasteiger charge is -2.10. The highest BCUT2D eigenvalue weighted by Crippen LogP contribution is 2.48. The van der Waals surface area contributed by atoms with E-state index in [4.69, 9.17) is 13.3 Å². The van der Waals surface area contributed by atoms with Crippen LogP contribution in [0.1, 0.15) is 0 Å². The molecule has 18 aromatic carbocycles. The van der Waals surface area contributed by atoms with Crippen LogP contribution in [0, 0.1) is 0 Å². The molecule has 9 aromatic heterocycles. The molecule has 117 heavy (non-hydrogen) atoms. The molecule has 0 saturated carbocycles. The fourth-order valence-electron chi connectivity index (χ4n) is 18.8. The van der Waals surface area contributed by atoms with Crippen molar-refractivity contribution in [1.29, 1.82) is 0 Å². The van der Waals surface area contributed by atoms with E-state index in [0.29, 0.717) is 0 Å². The summed E-state index contributed by atoms with van der Waals surface area (Å²) in [6.45, 7) is 0. The molecule has 9 heteroatoms. The number of thiophene rings is 3. The number of nitrogens with zero attached hydrogens (tertiary/aromatic N) is 3. The van der Waals surface area contributed by atoms with Crippen LogP contribution < -0.4 is 0 Å². The monoisotopic (exact) mass is 1550 g/mol. The summed E-state index contributed by atoms with van der Waals surface area (Å²) >= 11 is 5.60. The summed E-state index contributed by atoms with van der Waals surface area (Å²) < 4.78 is 34.1. The summed E-state index contributed by atoms with van der Waals surface area (Å²) in [4.78, 5) is 0. The van der Waals surface area contributed by atoms with Gasteiger partial charge in [0.15, 0.2) is 0 Å². The zero-order valence-corrected chi connectivity index (χ0v) is 65.1. The molecule has 27 rings (SSSR count). The summed E-state index contributed by atoms with van der Waals surface area (Å²) in [6, 6.07) is 137. The fourth-order valence-corrected chi connectivity index (χ4v) is 22.2. The predicted molar refractivity (Wildman–Crippen MR) is 499 cm³/mol. The van der Waals surface area contributed by atoms with Crippen molar-refractivity contribution in [2.75, 3.05) is 0 Å². The minimum atomic E-state index is 0.917. The van der Waals surface area contributed by atoms with Crippen molar-refractivity contribution >= 4 is 226 Å². The van der Waals surface area contributed by atoms with Gasteiger partial charge in [-0.3, -0.25) is 0 Å². The topological polar surface area (TPSA) is 54.2 Å². The molecular weight excluding hydrogens is 1480 g/mol. The maximum Gasteiger partial charge on any atom is 0.145 e. The number of hydrogen-bond acceptors (Lipinski definition) is 6. The molecule has 6 nitrogen and oxygen atoms in total. The normalized spacial score (nSPS) is 12.1. The molecule has 0 N–H and O–H groups in total. The van der Waals surface area contributed by atoms with Gasteiger partial charge in [0.1, 0.15) is 33.5 Å². The van der Waals surface area contributed by atoms with Crippen LogP contribution in [-0.4, -0.2) is 13.7 Å². The van der Waals surface area contributed by atoms with Gasteiger partial charge < -0.3 is 27.0 Å². The number of aromatic nitrogens is 3. The lowest BCUT2D eigenvalue weighted by Crippen LogP contribution is -1.94. The van der Waals surface area contributed by atoms with E-state index in [1.807, 2.05) is 52.2 Å². The summed E-state index contributed by atoms with van der Waals surface area (Å²) in [5.74, 6) is 0. The van der Waals surface area contributed by atoms with Crippen LogP contribution in [0.15, 0.2) is 395 Å². The van der Waals surface area contributed by atoms with Crippen molar-refractivity contribution in [2.24, 2.45) is 0 Å². The molecule has 546 valence electrons. The Morgan fingerprint density at radius 3 is 1.17 bits per heavy atom. The van der Waals surface area contributed by atoms with Crippen molar-refractivity contribution in [3.63, 3.8) is 0 Å². The van der Waals surface area contributed by atoms with Gasteiger partial charge in [-0.05, 0) is 185 Å². The van der Waals surface area contributed by atoms with E-state index < -0.39 is 0 Å². The van der Waals surface area contributed by atoms with Gasteiger partial charge >= 0.3 is 0 Å². The van der Waals surface area contributed by atoms with E-state index in [1.54, 1.807) is 0 Å². The van der Waals surface area contributed by atoms with Crippen LogP contribution >= 0.6 is 34.0 Å². The second-order valence-corrected chi connectivity index (χ2v) is 33.6. The van der Waals surface area contributed by atoms with Gasteiger partial charge in [0.2, 0.25) is 0 Å². The van der Waals surface area contributed by atoms with Crippen LogP contribution in [0.25, 0.3) is 242 Å². The number of rotatable bonds is 6. The van der Waals surface area contributed by atoms with Gasteiger partial charge in [-0.2, -0.15) is 0 Å². The molecule has 9 heterocycles. The summed E-state index contributed by atoms with van der Waals surface area (Å²) in [6.07, 6.45) is 0. The highest BCUT2D eigenvalue weighted by molar-refractivity contribution is 7.27. The van der Waals surface area contributed by atoms with E-state index in [9.17, 15) is 0 Å². The Kier molecular flexibility index (Phi) is 14.6. The predicted octanol–water partition coefficient (Wildman–Crippen LogP) is 32.2. The van der Waals surface area contributed by atoms with Gasteiger partial charge in [0.05, 0.1) is 43.9 Å². The number of fused-ring (bicyclic) bond motifs is 30. The molecule has 0 fully saturated rings. The minimum absolute atomic E-state index is 0.917. The number of furan rings is 3. The zero-order chi connectivity index (χ0) is 76.5. The van der Waals surface area contributed by atoms with E-state index in [1.165, 1.54) is 154 Å². The molecule has 0 aliphatic heterocycles. The number of para-hydroxylation sites is 6. The Balaban J connectivity index is 0.0000000980. The third-order valence-electron chi connectivity index (χ3n) is 24.0. The van der Waals surface area contributed by atoms with Crippen LogP contribution in [0.3, 0.4) is 0 Å². The van der Waals surface area contributed by atoms with E-state index >= 15 is 0 Å². The van der Waals surface area contributed by atoms with E-state index in [-0.39, 0.29) is 0 Å². The molecule has 0 aliphatic carbocycles. The van der Waals surface area contributed by atoms with Gasteiger partial charge in [-0.1, -0.05) is 231 Å². The maximum atomic E-state index is 6.45. The van der Waals surface area contributed by atoms with Gasteiger partial charge in [-0.25, -0.2) is 0 Å². The second-order valence-electron chi connectivity index (χ2n) is 30.4. The van der Waals surface area contributed by atoms with Crippen molar-refractivity contribution in [3.8, 4) is 50.4 Å². The van der Waals surface area contributed by atoms with E-state index in [2.05, 4.69) is 378 Å². The van der Waals surface area contributed by atoms with Gasteiger partial charge in [0, 0.05) is 131 Å². The van der Waals surface area contributed by atoms with Crippen molar-refractivity contribution < 1.29 is 13.3 Å². The lowest BCUT2D eigenvalue weighted by atomic mass is 10.0. The molecule has 27 aromatic rings. The average Bonchev–Trinajstić information content (AvgIpc) is 1.57. The van der Waals surface area contributed by atoms with Crippen LogP contribution in [0.2, 0.25) is 0 Å². The first kappa shape index (κ1) is 65.9. The largest absolute Gasteiger partial charge is 0.456 e. The molecule has 0 radical (unpaired) electrons. The van der Waals surface area contributed by atoms with Crippen molar-refractivity contribution in [3.05, 3.63) is 382 Å². The third-order valence-corrected chi connectivity index (χ3v) is 27.6. The molecule has 0 amide bonds. The van der Waals surface area contributed by atoms with Gasteiger partial charge in [0.25, 0.3) is 0 Å². The Morgan fingerprint density at radius 1 is 0.188 bits per heavy atom. The standard InChI is InChI=1S/3C36H21NOS/c1-4-13-29-27(9-1)34-30(20-21-32-35(34)28-10-2-5-14-31(28)38-32)37(29)23-18-16-22(17-19-23)24-11-7-12-26-25-8-3-6-15-33(25)39-36(24)26;1-4-10-30-28(9-1)35-31(19-18-27-25-7-2-5-11-32(25)38-36(27)35)37(30)24-16-13-22(14-17-24)23-15-20-34-29(21-23)26-8-3-6-12-33(26)39-34;1-4-10-30-25(7-1)27-18-19-32-35(28-9-2-5-11-31(28)38-32)36(27)37(30)24-16-13-22(14-17-24)23-15-20-34-29(21-23)26-8-3-6-12-33(26)39-34/h3*1-21H. The number of benzene rings is 18. The first-order valence-electron chi connectivity index (χ1n) is 39.6. The third kappa shape index (κ3) is 10.2. The fraction of sp³-hybridized carbons (Fsp3) is 0. The summed E-state index contributed by atoms with van der Waals surface area (Å²) in [7, 11) is 0. The maximum absolute atomic E-state index is 6.45. The molecular formula is C108H63N3O3S3. The molecule has 0 spiro atoms. The highest BCUT2D eigenvalue weighted by Gasteiger charge is 2.24. The molecule has 0 atom stereocenters. The molecule has 0 unspecified atom stereocenters. The molecule has 0 bridgehead atoms. The Hall–Kier alpha value is -14.6. The SMILES string of the molecule is c1ccc2c(c1)oc1c2ccc2c1c1ccccc1n2-c1ccc(-c2ccc3sc4ccccc4c3c2)cc1.c1ccc2c(c1)oc1ccc3c(c4ccccc4n3-c3ccc(-c4cccc5c4sc4ccccc45)cc3)c12.c1ccc2c(c1)oc1ccc3c4ccccc4n(-c4ccc(-c5ccc6sc7ccccc7c6c5)cc4)c3c12. The second kappa shape index (κ2) is 26.0. The van der Waals surface area contributed by atoms with E-state index in [0.717, 1.165) is 88.4 Å². The van der Waals surface area contributed by atoms with Crippen molar-refractivity contribution in [1.82, 2.24) is 13.7 Å². The quantitative estimate of drug-likeness (QED) is 0.167. The summed E-state index contributed by atoms with van der Waals surface area (Å²) in [5, 5.41) is 22.3. The first-order chi connectivity index (χ1) is 58.0. The molecule has 0 saturated heterocycles.